The molecule has 0 spiro atoms. The summed E-state index contributed by atoms with van der Waals surface area (Å²) in [7, 11) is 3.49. The minimum absolute atomic E-state index is 0.0207. The second-order valence-corrected chi connectivity index (χ2v) is 8.15. The fraction of sp³-hybridized carbons (Fsp3) is 0.476. The van der Waals surface area contributed by atoms with Gasteiger partial charge in [0.15, 0.2) is 5.82 Å². The molecule has 0 saturated carbocycles. The molecule has 2 aliphatic heterocycles. The molecular weight excluding hydrogens is 373 g/mol. The van der Waals surface area contributed by atoms with E-state index < -0.39 is 5.60 Å². The van der Waals surface area contributed by atoms with E-state index in [1.807, 2.05) is 17.0 Å². The third-order valence-corrected chi connectivity index (χ3v) is 6.04. The normalized spacial score (nSPS) is 24.2. The Labute approximate surface area is 169 Å². The molecule has 1 aromatic heterocycles. The molecule has 4 rings (SSSR count). The molecule has 2 amide bonds. The summed E-state index contributed by atoms with van der Waals surface area (Å²) in [6, 6.07) is 9.92. The lowest BCUT2D eigenvalue weighted by Gasteiger charge is -2.50. The van der Waals surface area contributed by atoms with Gasteiger partial charge >= 0.3 is 6.03 Å². The van der Waals surface area contributed by atoms with Crippen molar-refractivity contribution in [1.29, 1.82) is 0 Å². The number of carbonyl (C=O) groups is 1. The Morgan fingerprint density at radius 3 is 2.48 bits per heavy atom. The molecule has 2 aliphatic rings. The number of aliphatic hydroxyl groups is 1. The molecule has 2 fully saturated rings. The van der Waals surface area contributed by atoms with Crippen LogP contribution in [0.5, 0.6) is 0 Å². The Hall–Kier alpha value is -2.74. The maximum absolute atomic E-state index is 13.1. The first-order valence-corrected chi connectivity index (χ1v) is 9.89. The first-order valence-electron chi connectivity index (χ1n) is 9.89. The number of hydrogen-bond donors (Lipinski definition) is 1. The Morgan fingerprint density at radius 2 is 1.83 bits per heavy atom. The molecule has 8 heteroatoms. The zero-order chi connectivity index (χ0) is 20.6. The van der Waals surface area contributed by atoms with Crippen LogP contribution in [0, 0.1) is 11.7 Å². The largest absolute Gasteiger partial charge is 0.389 e. The van der Waals surface area contributed by atoms with Crippen LogP contribution >= 0.6 is 0 Å². The Kier molecular flexibility index (Phi) is 5.12. The first kappa shape index (κ1) is 19.6. The van der Waals surface area contributed by atoms with Crippen LogP contribution in [0.4, 0.5) is 15.0 Å². The van der Waals surface area contributed by atoms with E-state index in [4.69, 9.17) is 0 Å². The van der Waals surface area contributed by atoms with Gasteiger partial charge in [0.25, 0.3) is 0 Å². The molecule has 0 radical (unpaired) electrons. The van der Waals surface area contributed by atoms with Crippen molar-refractivity contribution in [3.63, 3.8) is 0 Å². The van der Waals surface area contributed by atoms with E-state index in [0.29, 0.717) is 44.7 Å². The highest BCUT2D eigenvalue weighted by Crippen LogP contribution is 2.37. The van der Waals surface area contributed by atoms with Crippen LogP contribution in [0.15, 0.2) is 36.4 Å². The van der Waals surface area contributed by atoms with Gasteiger partial charge in [-0.05, 0) is 49.2 Å². The van der Waals surface area contributed by atoms with Crippen LogP contribution in [0.2, 0.25) is 0 Å². The number of carbonyl (C=O) groups excluding carboxylic acids is 1. The molecule has 1 aromatic carbocycles. The van der Waals surface area contributed by atoms with Crippen molar-refractivity contribution in [2.45, 2.75) is 18.4 Å². The minimum Gasteiger partial charge on any atom is -0.389 e. The fourth-order valence-corrected chi connectivity index (χ4v) is 4.24. The summed E-state index contributed by atoms with van der Waals surface area (Å²) in [5, 5.41) is 19.7. The smallest absolute Gasteiger partial charge is 0.319 e. The molecule has 2 aromatic rings. The third kappa shape index (κ3) is 3.89. The Morgan fingerprint density at radius 1 is 1.10 bits per heavy atom. The number of benzene rings is 1. The van der Waals surface area contributed by atoms with Crippen molar-refractivity contribution in [1.82, 2.24) is 20.0 Å². The Balaban J connectivity index is 1.47. The molecule has 0 aliphatic carbocycles. The van der Waals surface area contributed by atoms with Crippen molar-refractivity contribution in [3.05, 3.63) is 42.2 Å². The van der Waals surface area contributed by atoms with E-state index >= 15 is 0 Å². The molecule has 3 heterocycles. The van der Waals surface area contributed by atoms with Crippen LogP contribution < -0.4 is 4.90 Å². The standard InChI is InChI=1S/C21H26FN5O2/c1-25(2)20(28)27-12-10-21(29)9-11-26(13-16(21)14-27)19-8-7-18(23-24-19)15-3-5-17(22)6-4-15/h3-8,16,29H,9-14H2,1-2H3/t16-,21-/m1/s1. The summed E-state index contributed by atoms with van der Waals surface area (Å²) in [5.74, 6) is 0.426. The summed E-state index contributed by atoms with van der Waals surface area (Å²) in [6.45, 7) is 2.43. The van der Waals surface area contributed by atoms with Gasteiger partial charge in [0.1, 0.15) is 5.82 Å². The second kappa shape index (κ2) is 7.59. The number of anilines is 1. The predicted octanol–water partition coefficient (Wildman–Crippen LogP) is 2.23. The van der Waals surface area contributed by atoms with Gasteiger partial charge in [-0.1, -0.05) is 0 Å². The highest BCUT2D eigenvalue weighted by Gasteiger charge is 2.46. The van der Waals surface area contributed by atoms with Crippen molar-refractivity contribution >= 4 is 11.8 Å². The lowest BCUT2D eigenvalue weighted by atomic mass is 9.75. The fourth-order valence-electron chi connectivity index (χ4n) is 4.24. The van der Waals surface area contributed by atoms with Crippen molar-refractivity contribution < 1.29 is 14.3 Å². The SMILES string of the molecule is CN(C)C(=O)N1CC[C@]2(O)CCN(c3ccc(-c4ccc(F)cc4)nn3)C[C@@H]2C1. The van der Waals surface area contributed by atoms with Gasteiger partial charge in [0, 0.05) is 51.8 Å². The van der Waals surface area contributed by atoms with Crippen LogP contribution in [0.1, 0.15) is 12.8 Å². The Bertz CT molecular complexity index is 874. The van der Waals surface area contributed by atoms with E-state index in [2.05, 4.69) is 15.1 Å². The van der Waals surface area contributed by atoms with Crippen LogP contribution in [-0.4, -0.2) is 77.0 Å². The number of halogens is 1. The van der Waals surface area contributed by atoms with Crippen molar-refractivity contribution in [2.75, 3.05) is 45.2 Å². The van der Waals surface area contributed by atoms with Gasteiger partial charge in [-0.15, -0.1) is 10.2 Å². The summed E-state index contributed by atoms with van der Waals surface area (Å²) >= 11 is 0. The summed E-state index contributed by atoms with van der Waals surface area (Å²) in [5.41, 5.74) is 0.757. The third-order valence-electron chi connectivity index (χ3n) is 6.04. The average Bonchev–Trinajstić information content (AvgIpc) is 2.73. The molecule has 0 unspecified atom stereocenters. The van der Waals surface area contributed by atoms with Crippen LogP contribution in [-0.2, 0) is 0 Å². The van der Waals surface area contributed by atoms with Gasteiger partial charge in [-0.2, -0.15) is 0 Å². The maximum atomic E-state index is 13.1. The van der Waals surface area contributed by atoms with Gasteiger partial charge in [-0.25, -0.2) is 9.18 Å². The predicted molar refractivity (Wildman–Crippen MR) is 108 cm³/mol. The van der Waals surface area contributed by atoms with E-state index in [1.165, 1.54) is 12.1 Å². The summed E-state index contributed by atoms with van der Waals surface area (Å²) in [4.78, 5) is 17.8. The van der Waals surface area contributed by atoms with Gasteiger partial charge < -0.3 is 19.8 Å². The molecule has 1 N–H and O–H groups in total. The van der Waals surface area contributed by atoms with Gasteiger partial charge in [-0.3, -0.25) is 0 Å². The lowest BCUT2D eigenvalue weighted by Crippen LogP contribution is -2.61. The van der Waals surface area contributed by atoms with Crippen LogP contribution in [0.3, 0.4) is 0 Å². The summed E-state index contributed by atoms with van der Waals surface area (Å²) in [6.07, 6.45) is 1.24. The van der Waals surface area contributed by atoms with Gasteiger partial charge in [0.05, 0.1) is 11.3 Å². The zero-order valence-electron chi connectivity index (χ0n) is 16.8. The number of piperidine rings is 2. The molecular formula is C21H26FN5O2. The molecule has 154 valence electrons. The van der Waals surface area contributed by atoms with E-state index in [9.17, 15) is 14.3 Å². The molecule has 0 bridgehead atoms. The molecule has 7 nitrogen and oxygen atoms in total. The summed E-state index contributed by atoms with van der Waals surface area (Å²) < 4.78 is 13.1. The molecule has 2 atom stereocenters. The zero-order valence-corrected chi connectivity index (χ0v) is 16.8. The number of fused-ring (bicyclic) bond motifs is 1. The minimum atomic E-state index is -0.735. The number of rotatable bonds is 2. The highest BCUT2D eigenvalue weighted by molar-refractivity contribution is 5.74. The van der Waals surface area contributed by atoms with Crippen molar-refractivity contribution in [3.8, 4) is 11.3 Å². The van der Waals surface area contributed by atoms with E-state index in [0.717, 1.165) is 11.4 Å². The number of hydrogen-bond acceptors (Lipinski definition) is 5. The number of amides is 2. The number of nitrogens with zero attached hydrogens (tertiary/aromatic N) is 5. The van der Waals surface area contributed by atoms with Gasteiger partial charge in [0.2, 0.25) is 0 Å². The molecule has 29 heavy (non-hydrogen) atoms. The molecule has 2 saturated heterocycles. The van der Waals surface area contributed by atoms with E-state index in [-0.39, 0.29) is 17.8 Å². The highest BCUT2D eigenvalue weighted by atomic mass is 19.1. The van der Waals surface area contributed by atoms with Crippen molar-refractivity contribution in [2.24, 2.45) is 5.92 Å². The van der Waals surface area contributed by atoms with E-state index in [1.54, 1.807) is 31.1 Å². The number of likely N-dealkylation sites (tertiary alicyclic amines) is 1. The topological polar surface area (TPSA) is 72.8 Å². The monoisotopic (exact) mass is 399 g/mol. The average molecular weight is 399 g/mol. The second-order valence-electron chi connectivity index (χ2n) is 8.15. The maximum Gasteiger partial charge on any atom is 0.319 e. The quantitative estimate of drug-likeness (QED) is 0.838. The first-order chi connectivity index (χ1) is 13.9. The number of aromatic nitrogens is 2. The van der Waals surface area contributed by atoms with Crippen LogP contribution in [0.25, 0.3) is 11.3 Å². The lowest BCUT2D eigenvalue weighted by molar-refractivity contribution is -0.0761. The number of urea groups is 1.